The predicted molar refractivity (Wildman–Crippen MR) is 151 cm³/mol. The molecule has 3 fully saturated rings. The van der Waals surface area contributed by atoms with Crippen molar-refractivity contribution in [3.05, 3.63) is 35.4 Å². The van der Waals surface area contributed by atoms with E-state index in [1.165, 1.54) is 0 Å². The largest absolute Gasteiger partial charge is 0.461 e. The number of nitrogen functional groups attached to an aromatic ring is 1. The lowest BCUT2D eigenvalue weighted by atomic mass is 9.95. The molecule has 226 valence electrons. The molecule has 3 aliphatic rings. The van der Waals surface area contributed by atoms with Gasteiger partial charge in [-0.25, -0.2) is 13.8 Å². The second-order valence-corrected chi connectivity index (χ2v) is 12.6. The molecule has 0 saturated carbocycles. The Labute approximate surface area is 245 Å². The van der Waals surface area contributed by atoms with Gasteiger partial charge in [0.2, 0.25) is 5.91 Å². The van der Waals surface area contributed by atoms with Gasteiger partial charge in [-0.2, -0.15) is 23.1 Å². The lowest BCUT2D eigenvalue weighted by molar-refractivity contribution is -0.137. The molecule has 4 N–H and O–H groups in total. The summed E-state index contributed by atoms with van der Waals surface area (Å²) in [5.74, 6) is -2.01. The van der Waals surface area contributed by atoms with Gasteiger partial charge in [-0.15, -0.1) is 0 Å². The first-order valence-electron chi connectivity index (χ1n) is 13.8. The van der Waals surface area contributed by atoms with E-state index >= 15 is 4.39 Å². The van der Waals surface area contributed by atoms with Crippen LogP contribution in [-0.2, 0) is 11.0 Å². The number of carbonyl (C=O) groups excluding carboxylic acids is 1. The molecule has 4 aromatic rings. The number of benzene rings is 2. The zero-order valence-electron chi connectivity index (χ0n) is 22.8. The van der Waals surface area contributed by atoms with Gasteiger partial charge in [-0.1, -0.05) is 11.3 Å². The molecule has 15 heteroatoms. The number of thiazole rings is 1. The molecule has 0 radical (unpaired) electrons. The van der Waals surface area contributed by atoms with Gasteiger partial charge in [0.05, 0.1) is 21.3 Å². The van der Waals surface area contributed by atoms with Crippen LogP contribution in [-0.4, -0.2) is 58.2 Å². The lowest BCUT2D eigenvalue weighted by Gasteiger charge is -2.34. The number of ether oxygens (including phenoxy) is 1. The van der Waals surface area contributed by atoms with Gasteiger partial charge in [0.25, 0.3) is 0 Å². The molecule has 2 bridgehead atoms. The summed E-state index contributed by atoms with van der Waals surface area (Å²) in [6.07, 6.45) is -2.38. The number of carbonyl (C=O) groups is 1. The number of aromatic nitrogens is 3. The number of piperazine rings is 1. The summed E-state index contributed by atoms with van der Waals surface area (Å²) in [7, 11) is 0. The maximum absolute atomic E-state index is 16.7. The molecule has 0 aliphatic carbocycles. The SMILES string of the molecule is CC1(COc2nc(N3CC4CCC(C3)N4)c3cc(C(F)(F)F)c(-c4ccc(F)c5sc(N)nc45)c(F)c3n2)CCC(=O)N1. The summed E-state index contributed by atoms with van der Waals surface area (Å²) in [4.78, 5) is 26.5. The van der Waals surface area contributed by atoms with E-state index in [1.807, 2.05) is 4.90 Å². The number of anilines is 2. The zero-order valence-corrected chi connectivity index (χ0v) is 23.6. The topological polar surface area (TPSA) is 118 Å². The fraction of sp³-hybridized carbons (Fsp3) is 0.429. The summed E-state index contributed by atoms with van der Waals surface area (Å²) >= 11 is 0.759. The van der Waals surface area contributed by atoms with Gasteiger partial charge in [-0.05, 0) is 44.4 Å². The van der Waals surface area contributed by atoms with E-state index in [2.05, 4.69) is 25.6 Å². The molecular weight excluding hydrogens is 593 g/mol. The van der Waals surface area contributed by atoms with Crippen LogP contribution in [0.1, 0.15) is 38.2 Å². The average molecular weight is 620 g/mol. The predicted octanol–water partition coefficient (Wildman–Crippen LogP) is 4.77. The molecule has 2 aromatic heterocycles. The molecule has 1 amide bonds. The number of hydrogen-bond acceptors (Lipinski definition) is 9. The number of amides is 1. The molecule has 2 aromatic carbocycles. The number of halogens is 5. The van der Waals surface area contributed by atoms with Crippen molar-refractivity contribution in [2.24, 2.45) is 0 Å². The maximum Gasteiger partial charge on any atom is 0.417 e. The third-order valence-corrected chi connectivity index (χ3v) is 9.25. The van der Waals surface area contributed by atoms with E-state index in [-0.39, 0.29) is 68.2 Å². The summed E-state index contributed by atoms with van der Waals surface area (Å²) < 4.78 is 81.0. The van der Waals surface area contributed by atoms with E-state index in [1.54, 1.807) is 6.92 Å². The Morgan fingerprint density at radius 2 is 1.88 bits per heavy atom. The van der Waals surface area contributed by atoms with Crippen molar-refractivity contribution < 1.29 is 31.5 Å². The number of hydrogen-bond donors (Lipinski definition) is 3. The second-order valence-electron chi connectivity index (χ2n) is 11.6. The van der Waals surface area contributed by atoms with Gasteiger partial charge >= 0.3 is 12.2 Å². The van der Waals surface area contributed by atoms with E-state index in [0.717, 1.165) is 42.4 Å². The first-order valence-corrected chi connectivity index (χ1v) is 14.6. The highest BCUT2D eigenvalue weighted by molar-refractivity contribution is 7.22. The van der Waals surface area contributed by atoms with Crippen LogP contribution < -0.4 is 26.0 Å². The minimum absolute atomic E-state index is 0.0255. The van der Waals surface area contributed by atoms with Crippen LogP contribution in [0.25, 0.3) is 32.2 Å². The van der Waals surface area contributed by atoms with E-state index in [9.17, 15) is 22.4 Å². The number of nitrogens with one attached hydrogen (secondary N) is 2. The van der Waals surface area contributed by atoms with Crippen LogP contribution in [0.5, 0.6) is 6.01 Å². The van der Waals surface area contributed by atoms with Crippen molar-refractivity contribution in [3.63, 3.8) is 0 Å². The number of nitrogens with two attached hydrogens (primary N) is 1. The van der Waals surface area contributed by atoms with Gasteiger partial charge in [0.15, 0.2) is 10.9 Å². The molecule has 5 heterocycles. The number of fused-ring (bicyclic) bond motifs is 4. The first kappa shape index (κ1) is 28.0. The van der Waals surface area contributed by atoms with Crippen LogP contribution >= 0.6 is 11.3 Å². The van der Waals surface area contributed by atoms with Crippen molar-refractivity contribution >= 4 is 49.3 Å². The van der Waals surface area contributed by atoms with Gasteiger partial charge in [0.1, 0.15) is 23.8 Å². The van der Waals surface area contributed by atoms with Crippen LogP contribution in [0.2, 0.25) is 0 Å². The molecule has 3 unspecified atom stereocenters. The molecule has 3 atom stereocenters. The summed E-state index contributed by atoms with van der Waals surface area (Å²) in [6.45, 7) is 2.68. The molecule has 7 rings (SSSR count). The highest BCUT2D eigenvalue weighted by Gasteiger charge is 2.40. The van der Waals surface area contributed by atoms with Crippen LogP contribution in [0, 0.1) is 11.6 Å². The monoisotopic (exact) mass is 619 g/mol. The maximum atomic E-state index is 16.7. The quantitative estimate of drug-likeness (QED) is 0.274. The van der Waals surface area contributed by atoms with E-state index in [4.69, 9.17) is 10.5 Å². The molecule has 3 saturated heterocycles. The third kappa shape index (κ3) is 4.87. The van der Waals surface area contributed by atoms with Crippen LogP contribution in [0.15, 0.2) is 18.2 Å². The van der Waals surface area contributed by atoms with Crippen molar-refractivity contribution in [3.8, 4) is 17.1 Å². The Hall–Kier alpha value is -3.85. The Bertz CT molecular complexity index is 1790. The summed E-state index contributed by atoms with van der Waals surface area (Å²) in [6, 6.07) is 2.85. The van der Waals surface area contributed by atoms with Crippen molar-refractivity contribution in [1.29, 1.82) is 0 Å². The number of rotatable bonds is 5. The van der Waals surface area contributed by atoms with Crippen LogP contribution in [0.4, 0.5) is 32.9 Å². The second kappa shape index (κ2) is 9.84. The first-order chi connectivity index (χ1) is 20.4. The molecule has 3 aliphatic heterocycles. The third-order valence-electron chi connectivity index (χ3n) is 8.36. The van der Waals surface area contributed by atoms with Crippen LogP contribution in [0.3, 0.4) is 0 Å². The smallest absolute Gasteiger partial charge is 0.417 e. The minimum atomic E-state index is -4.99. The Balaban J connectivity index is 1.44. The number of nitrogens with zero attached hydrogens (tertiary/aromatic N) is 4. The molecule has 43 heavy (non-hydrogen) atoms. The molecule has 9 nitrogen and oxygen atoms in total. The zero-order chi connectivity index (χ0) is 30.3. The van der Waals surface area contributed by atoms with Gasteiger partial charge < -0.3 is 26.0 Å². The summed E-state index contributed by atoms with van der Waals surface area (Å²) in [5.41, 5.74) is 2.14. The molecule has 0 spiro atoms. The fourth-order valence-corrected chi connectivity index (χ4v) is 7.09. The Morgan fingerprint density at radius 3 is 2.56 bits per heavy atom. The molecular formula is C28H26F5N7O2S. The van der Waals surface area contributed by atoms with Gasteiger partial charge in [-0.3, -0.25) is 4.79 Å². The number of alkyl halides is 3. The van der Waals surface area contributed by atoms with Crippen molar-refractivity contribution in [2.75, 3.05) is 30.3 Å². The van der Waals surface area contributed by atoms with E-state index < -0.39 is 34.5 Å². The van der Waals surface area contributed by atoms with Gasteiger partial charge in [0, 0.05) is 48.1 Å². The van der Waals surface area contributed by atoms with Crippen molar-refractivity contribution in [1.82, 2.24) is 25.6 Å². The normalized spacial score (nSPS) is 23.9. The van der Waals surface area contributed by atoms with E-state index in [0.29, 0.717) is 25.9 Å². The Kier molecular flexibility index (Phi) is 6.40. The summed E-state index contributed by atoms with van der Waals surface area (Å²) in [5, 5.41) is 6.11. The highest BCUT2D eigenvalue weighted by Crippen LogP contribution is 2.46. The Morgan fingerprint density at radius 1 is 1.14 bits per heavy atom. The highest BCUT2D eigenvalue weighted by atomic mass is 32.1. The lowest BCUT2D eigenvalue weighted by Crippen LogP contribution is -2.51. The average Bonchev–Trinajstić information content (AvgIpc) is 3.62. The minimum Gasteiger partial charge on any atom is -0.461 e. The standard InChI is InChI=1S/C28H26F5N7O2S/c1-27(7-6-18(41)39-27)11-42-26-37-21-15(24(38-26)40-9-12-2-3-13(10-40)35-12)8-16(28(31,32)33)19(20(21)30)14-4-5-17(29)23-22(14)36-25(34)43-23/h4-5,8,12-13,35H,2-3,6-7,9-11H2,1H3,(H2,34,36)(H,39,41). The fourth-order valence-electron chi connectivity index (χ4n) is 6.33. The van der Waals surface area contributed by atoms with Crippen molar-refractivity contribution in [2.45, 2.75) is 56.4 Å².